The fourth-order valence-corrected chi connectivity index (χ4v) is 3.55. The van der Waals surface area contributed by atoms with Crippen LogP contribution in [0.25, 0.3) is 11.3 Å². The third kappa shape index (κ3) is 3.88. The van der Waals surface area contributed by atoms with E-state index in [1.807, 2.05) is 31.3 Å². The number of aromatic nitrogens is 2. The Hall–Kier alpha value is -2.66. The van der Waals surface area contributed by atoms with Gasteiger partial charge in [-0.05, 0) is 56.2 Å². The summed E-state index contributed by atoms with van der Waals surface area (Å²) in [6.07, 6.45) is 5.92. The van der Waals surface area contributed by atoms with Gasteiger partial charge < -0.3 is 10.2 Å². The average molecular weight is 383 g/mol. The zero-order valence-electron chi connectivity index (χ0n) is 15.0. The molecule has 1 fully saturated rings. The minimum Gasteiger partial charge on any atom is -0.369 e. The molecule has 0 bridgehead atoms. The molecule has 3 heterocycles. The molecule has 0 amide bonds. The number of nitrogens with one attached hydrogen (secondary N) is 1. The highest BCUT2D eigenvalue weighted by Gasteiger charge is 2.18. The molecule has 1 aromatic carbocycles. The number of hydrogen-bond donors (Lipinski definition) is 1. The molecule has 4 nitrogen and oxygen atoms in total. The minimum atomic E-state index is -0.341. The smallest absolute Gasteiger partial charge is 0.132 e. The van der Waals surface area contributed by atoms with Crippen molar-refractivity contribution in [2.75, 3.05) is 23.3 Å². The van der Waals surface area contributed by atoms with E-state index in [9.17, 15) is 4.39 Å². The maximum atomic E-state index is 14.3. The van der Waals surface area contributed by atoms with Crippen LogP contribution in [0.3, 0.4) is 0 Å². The first kappa shape index (κ1) is 17.7. The lowest BCUT2D eigenvalue weighted by Crippen LogP contribution is -2.19. The van der Waals surface area contributed by atoms with Crippen molar-refractivity contribution >= 4 is 28.7 Å². The van der Waals surface area contributed by atoms with Gasteiger partial charge in [-0.25, -0.2) is 4.39 Å². The van der Waals surface area contributed by atoms with Crippen molar-refractivity contribution < 1.29 is 4.39 Å². The standard InChI is InChI=1S/C21H20ClFN4/c1-14-10-16(6-7-24-14)26-20-12-19(17-11-15(22)4-5-18(17)23)25-13-21(20)27-8-2-3-9-27/h4-7,10-13H,2-3,8-9H2,1H3,(H,24,25,26). The molecule has 0 spiro atoms. The van der Waals surface area contributed by atoms with Crippen LogP contribution in [0.15, 0.2) is 48.8 Å². The monoisotopic (exact) mass is 382 g/mol. The van der Waals surface area contributed by atoms with Crippen LogP contribution in [0.1, 0.15) is 18.5 Å². The van der Waals surface area contributed by atoms with Crippen molar-refractivity contribution in [1.82, 2.24) is 9.97 Å². The van der Waals surface area contributed by atoms with E-state index in [4.69, 9.17) is 11.6 Å². The lowest BCUT2D eigenvalue weighted by molar-refractivity contribution is 0.631. The Labute approximate surface area is 163 Å². The molecule has 0 radical (unpaired) electrons. The zero-order chi connectivity index (χ0) is 18.8. The molecule has 0 saturated carbocycles. The highest BCUT2D eigenvalue weighted by atomic mass is 35.5. The number of anilines is 3. The van der Waals surface area contributed by atoms with E-state index in [1.165, 1.54) is 25.0 Å². The maximum absolute atomic E-state index is 14.3. The summed E-state index contributed by atoms with van der Waals surface area (Å²) >= 11 is 6.06. The predicted molar refractivity (Wildman–Crippen MR) is 108 cm³/mol. The Balaban J connectivity index is 1.78. The molecule has 1 aliphatic rings. The SMILES string of the molecule is Cc1cc(Nc2cc(-c3cc(Cl)ccc3F)ncc2N2CCCC2)ccn1. The van der Waals surface area contributed by atoms with Gasteiger partial charge in [0.25, 0.3) is 0 Å². The van der Waals surface area contributed by atoms with E-state index in [-0.39, 0.29) is 5.82 Å². The van der Waals surface area contributed by atoms with Gasteiger partial charge in [0.2, 0.25) is 0 Å². The van der Waals surface area contributed by atoms with Gasteiger partial charge in [-0.15, -0.1) is 0 Å². The minimum absolute atomic E-state index is 0.341. The molecule has 1 saturated heterocycles. The zero-order valence-corrected chi connectivity index (χ0v) is 15.8. The van der Waals surface area contributed by atoms with E-state index >= 15 is 0 Å². The molecule has 2 aromatic heterocycles. The van der Waals surface area contributed by atoms with E-state index in [1.54, 1.807) is 12.3 Å². The van der Waals surface area contributed by atoms with Gasteiger partial charge in [0.15, 0.2) is 0 Å². The summed E-state index contributed by atoms with van der Waals surface area (Å²) in [5, 5.41) is 3.94. The Morgan fingerprint density at radius 3 is 2.67 bits per heavy atom. The molecule has 138 valence electrons. The molecule has 6 heteroatoms. The highest BCUT2D eigenvalue weighted by Crippen LogP contribution is 2.35. The molecular formula is C21H20ClFN4. The van der Waals surface area contributed by atoms with Crippen LogP contribution in [-0.4, -0.2) is 23.1 Å². The van der Waals surface area contributed by atoms with Gasteiger partial charge in [0.1, 0.15) is 5.82 Å². The molecule has 27 heavy (non-hydrogen) atoms. The summed E-state index contributed by atoms with van der Waals surface area (Å²) < 4.78 is 14.3. The number of halogens is 2. The quantitative estimate of drug-likeness (QED) is 0.638. The first-order valence-electron chi connectivity index (χ1n) is 9.00. The van der Waals surface area contributed by atoms with Gasteiger partial charge in [-0.3, -0.25) is 9.97 Å². The van der Waals surface area contributed by atoms with Crippen molar-refractivity contribution in [3.63, 3.8) is 0 Å². The summed E-state index contributed by atoms with van der Waals surface area (Å²) in [5.41, 5.74) is 4.72. The summed E-state index contributed by atoms with van der Waals surface area (Å²) in [7, 11) is 0. The van der Waals surface area contributed by atoms with E-state index in [0.717, 1.165) is 35.8 Å². The fourth-order valence-electron chi connectivity index (χ4n) is 3.38. The van der Waals surface area contributed by atoms with Crippen LogP contribution in [0.4, 0.5) is 21.5 Å². The van der Waals surface area contributed by atoms with E-state index in [0.29, 0.717) is 16.3 Å². The summed E-state index contributed by atoms with van der Waals surface area (Å²) in [6, 6.07) is 10.3. The summed E-state index contributed by atoms with van der Waals surface area (Å²) in [4.78, 5) is 11.1. The first-order valence-corrected chi connectivity index (χ1v) is 9.38. The molecular weight excluding hydrogens is 363 g/mol. The Morgan fingerprint density at radius 1 is 1.07 bits per heavy atom. The Kier molecular flexibility index (Phi) is 4.94. The fraction of sp³-hybridized carbons (Fsp3) is 0.238. The second-order valence-corrected chi connectivity index (χ2v) is 7.15. The normalized spacial score (nSPS) is 13.8. The largest absolute Gasteiger partial charge is 0.369 e. The van der Waals surface area contributed by atoms with Crippen LogP contribution in [0.5, 0.6) is 0 Å². The third-order valence-corrected chi connectivity index (χ3v) is 4.94. The first-order chi connectivity index (χ1) is 13.1. The number of aryl methyl sites for hydroxylation is 1. The van der Waals surface area contributed by atoms with Crippen LogP contribution in [-0.2, 0) is 0 Å². The third-order valence-electron chi connectivity index (χ3n) is 4.71. The molecule has 0 aliphatic carbocycles. The average Bonchev–Trinajstić information content (AvgIpc) is 3.18. The van der Waals surface area contributed by atoms with E-state index < -0.39 is 0 Å². The summed E-state index contributed by atoms with van der Waals surface area (Å²) in [6.45, 7) is 3.94. The number of nitrogens with zero attached hydrogens (tertiary/aromatic N) is 3. The highest BCUT2D eigenvalue weighted by molar-refractivity contribution is 6.30. The van der Waals surface area contributed by atoms with Crippen molar-refractivity contribution in [2.45, 2.75) is 19.8 Å². The molecule has 0 unspecified atom stereocenters. The van der Waals surface area contributed by atoms with Crippen LogP contribution < -0.4 is 10.2 Å². The number of hydrogen-bond acceptors (Lipinski definition) is 4. The topological polar surface area (TPSA) is 41.1 Å². The van der Waals surface area contributed by atoms with Crippen LogP contribution in [0, 0.1) is 12.7 Å². The van der Waals surface area contributed by atoms with Gasteiger partial charge in [0.05, 0.1) is 23.3 Å². The molecule has 1 N–H and O–H groups in total. The second-order valence-electron chi connectivity index (χ2n) is 6.72. The van der Waals surface area contributed by atoms with Crippen molar-refractivity contribution in [3.05, 3.63) is 65.3 Å². The van der Waals surface area contributed by atoms with Gasteiger partial charge in [-0.1, -0.05) is 11.6 Å². The van der Waals surface area contributed by atoms with Crippen molar-refractivity contribution in [2.24, 2.45) is 0 Å². The lowest BCUT2D eigenvalue weighted by atomic mass is 10.1. The van der Waals surface area contributed by atoms with Gasteiger partial charge in [0, 0.05) is 41.3 Å². The predicted octanol–water partition coefficient (Wildman–Crippen LogP) is 5.59. The molecule has 3 aromatic rings. The molecule has 1 aliphatic heterocycles. The number of pyridine rings is 2. The number of benzene rings is 1. The second kappa shape index (κ2) is 7.53. The van der Waals surface area contributed by atoms with Crippen molar-refractivity contribution in [1.29, 1.82) is 0 Å². The van der Waals surface area contributed by atoms with Crippen LogP contribution >= 0.6 is 11.6 Å². The van der Waals surface area contributed by atoms with Gasteiger partial charge >= 0.3 is 0 Å². The summed E-state index contributed by atoms with van der Waals surface area (Å²) in [5.74, 6) is -0.341. The lowest BCUT2D eigenvalue weighted by Gasteiger charge is -2.22. The number of rotatable bonds is 4. The molecule has 4 rings (SSSR count). The Morgan fingerprint density at radius 2 is 1.89 bits per heavy atom. The van der Waals surface area contributed by atoms with Crippen LogP contribution in [0.2, 0.25) is 5.02 Å². The van der Waals surface area contributed by atoms with E-state index in [2.05, 4.69) is 20.2 Å². The van der Waals surface area contributed by atoms with Crippen molar-refractivity contribution in [3.8, 4) is 11.3 Å². The molecule has 0 atom stereocenters. The Bertz CT molecular complexity index is 970. The maximum Gasteiger partial charge on any atom is 0.132 e. The van der Waals surface area contributed by atoms with Gasteiger partial charge in [-0.2, -0.15) is 0 Å².